The van der Waals surface area contributed by atoms with Crippen molar-refractivity contribution in [1.82, 2.24) is 0 Å². The molecule has 0 saturated carbocycles. The van der Waals surface area contributed by atoms with Crippen LogP contribution in [0.25, 0.3) is 0 Å². The molecule has 0 amide bonds. The van der Waals surface area contributed by atoms with E-state index in [1.807, 2.05) is 0 Å². The zero-order valence-electron chi connectivity index (χ0n) is 6.71. The summed E-state index contributed by atoms with van der Waals surface area (Å²) in [5.41, 5.74) is 0. The highest BCUT2D eigenvalue weighted by Gasteiger charge is 2.17. The zero-order chi connectivity index (χ0) is 10.7. The van der Waals surface area contributed by atoms with Crippen LogP contribution in [0.3, 0.4) is 0 Å². The molecular formula is C6H5NO6S. The molecule has 0 saturated heterocycles. The highest BCUT2D eigenvalue weighted by atomic mass is 32.2. The van der Waals surface area contributed by atoms with Gasteiger partial charge in [-0.15, -0.1) is 0 Å². The predicted octanol–water partition coefficient (Wildman–Crippen LogP) is 0.380. The number of aliphatic carboxylic acids is 1. The van der Waals surface area contributed by atoms with Crippen molar-refractivity contribution in [3.8, 4) is 0 Å². The summed E-state index contributed by atoms with van der Waals surface area (Å²) in [4.78, 5) is 19.5. The third kappa shape index (κ3) is 2.39. The molecule has 8 heteroatoms. The molecule has 0 bridgehead atoms. The molecule has 0 radical (unpaired) electrons. The molecule has 1 N–H and O–H groups in total. The number of nitro groups is 1. The smallest absolute Gasteiger partial charge is 0.434 e. The summed E-state index contributed by atoms with van der Waals surface area (Å²) in [7, 11) is -1.88. The summed E-state index contributed by atoms with van der Waals surface area (Å²) >= 11 is 0. The van der Waals surface area contributed by atoms with Crippen molar-refractivity contribution in [1.29, 1.82) is 0 Å². The number of carboxylic acids is 1. The monoisotopic (exact) mass is 219 g/mol. The molecule has 1 heterocycles. The molecule has 1 aromatic rings. The maximum Gasteiger partial charge on any atom is 0.434 e. The molecular weight excluding hydrogens is 214 g/mol. The number of carboxylic acid groups (broad SMARTS) is 1. The number of nitrogens with zero attached hydrogens (tertiary/aromatic N) is 1. The third-order valence-corrected chi connectivity index (χ3v) is 2.40. The first kappa shape index (κ1) is 10.4. The van der Waals surface area contributed by atoms with Crippen molar-refractivity contribution < 1.29 is 23.5 Å². The van der Waals surface area contributed by atoms with Crippen molar-refractivity contribution >= 4 is 22.7 Å². The largest absolute Gasteiger partial charge is 0.481 e. The minimum Gasteiger partial charge on any atom is -0.481 e. The van der Waals surface area contributed by atoms with Crippen LogP contribution in [-0.2, 0) is 15.6 Å². The van der Waals surface area contributed by atoms with Crippen LogP contribution in [0.1, 0.15) is 0 Å². The van der Waals surface area contributed by atoms with Crippen molar-refractivity contribution in [3.63, 3.8) is 0 Å². The van der Waals surface area contributed by atoms with Gasteiger partial charge in [0.25, 0.3) is 0 Å². The van der Waals surface area contributed by atoms with Crippen LogP contribution in [0.15, 0.2) is 21.6 Å². The average Bonchev–Trinajstić information content (AvgIpc) is 2.50. The fourth-order valence-corrected chi connectivity index (χ4v) is 1.48. The molecule has 0 fully saturated rings. The van der Waals surface area contributed by atoms with Gasteiger partial charge in [-0.05, 0) is 0 Å². The minimum absolute atomic E-state index is 0.209. The summed E-state index contributed by atoms with van der Waals surface area (Å²) < 4.78 is 15.7. The number of rotatable bonds is 4. The molecule has 1 unspecified atom stereocenters. The van der Waals surface area contributed by atoms with Gasteiger partial charge in [0.2, 0.25) is 0 Å². The molecule has 0 aliphatic carbocycles. The van der Waals surface area contributed by atoms with E-state index in [1.54, 1.807) is 0 Å². The molecule has 7 nitrogen and oxygen atoms in total. The first-order valence-electron chi connectivity index (χ1n) is 3.35. The average molecular weight is 219 g/mol. The Morgan fingerprint density at radius 1 is 1.64 bits per heavy atom. The standard InChI is InChI=1S/C6H5NO6S/c8-5(9)3-14(12)6-2-1-4(13-6)7(10)11/h1-2H,3H2,(H,8,9). The normalized spacial score (nSPS) is 12.3. The van der Waals surface area contributed by atoms with E-state index in [9.17, 15) is 19.1 Å². The van der Waals surface area contributed by atoms with E-state index in [1.165, 1.54) is 0 Å². The molecule has 0 aromatic carbocycles. The fourth-order valence-electron chi connectivity index (χ4n) is 0.714. The Hall–Kier alpha value is -1.70. The lowest BCUT2D eigenvalue weighted by Crippen LogP contribution is -2.08. The van der Waals surface area contributed by atoms with Crippen molar-refractivity contribution in [3.05, 3.63) is 22.2 Å². The summed E-state index contributed by atoms with van der Waals surface area (Å²) in [5, 5.41) is 18.2. The lowest BCUT2D eigenvalue weighted by atomic mass is 10.6. The SMILES string of the molecule is O=C(O)CS(=O)c1ccc([N+](=O)[O-])o1. The Balaban J connectivity index is 2.81. The van der Waals surface area contributed by atoms with E-state index in [-0.39, 0.29) is 5.09 Å². The molecule has 0 aliphatic heterocycles. The lowest BCUT2D eigenvalue weighted by Gasteiger charge is -1.91. The Labute approximate surface area is 79.9 Å². The fraction of sp³-hybridized carbons (Fsp3) is 0.167. The maximum absolute atomic E-state index is 11.1. The topological polar surface area (TPSA) is 111 Å². The van der Waals surface area contributed by atoms with E-state index >= 15 is 0 Å². The highest BCUT2D eigenvalue weighted by molar-refractivity contribution is 7.85. The van der Waals surface area contributed by atoms with Crippen LogP contribution < -0.4 is 0 Å². The molecule has 1 aromatic heterocycles. The van der Waals surface area contributed by atoms with Gasteiger partial charge < -0.3 is 9.52 Å². The Morgan fingerprint density at radius 3 is 2.71 bits per heavy atom. The second-order valence-electron chi connectivity index (χ2n) is 2.23. The Bertz CT molecular complexity index is 397. The summed E-state index contributed by atoms with van der Waals surface area (Å²) in [6, 6.07) is 2.15. The molecule has 76 valence electrons. The highest BCUT2D eigenvalue weighted by Crippen LogP contribution is 2.18. The van der Waals surface area contributed by atoms with E-state index < -0.39 is 33.3 Å². The van der Waals surface area contributed by atoms with E-state index in [4.69, 9.17) is 5.11 Å². The van der Waals surface area contributed by atoms with Gasteiger partial charge in [-0.3, -0.25) is 19.1 Å². The van der Waals surface area contributed by atoms with Crippen LogP contribution in [0.5, 0.6) is 0 Å². The number of hydrogen-bond acceptors (Lipinski definition) is 5. The predicted molar refractivity (Wildman–Crippen MR) is 44.3 cm³/mol. The number of carbonyl (C=O) groups is 1. The molecule has 0 aliphatic rings. The van der Waals surface area contributed by atoms with E-state index in [0.29, 0.717) is 0 Å². The van der Waals surface area contributed by atoms with Crippen molar-refractivity contribution in [2.24, 2.45) is 0 Å². The lowest BCUT2D eigenvalue weighted by molar-refractivity contribution is -0.403. The van der Waals surface area contributed by atoms with Crippen LogP contribution in [-0.4, -0.2) is 26.0 Å². The molecule has 1 atom stereocenters. The van der Waals surface area contributed by atoms with Gasteiger partial charge >= 0.3 is 11.9 Å². The third-order valence-electron chi connectivity index (χ3n) is 1.23. The van der Waals surface area contributed by atoms with Crippen molar-refractivity contribution in [2.75, 3.05) is 5.75 Å². The second-order valence-corrected chi connectivity index (χ2v) is 3.62. The van der Waals surface area contributed by atoms with Gasteiger partial charge in [-0.25, -0.2) is 0 Å². The summed E-state index contributed by atoms with van der Waals surface area (Å²) in [6.45, 7) is 0. The van der Waals surface area contributed by atoms with E-state index in [0.717, 1.165) is 12.1 Å². The van der Waals surface area contributed by atoms with E-state index in [2.05, 4.69) is 4.42 Å². The van der Waals surface area contributed by atoms with Gasteiger partial charge in [-0.1, -0.05) is 0 Å². The first-order chi connectivity index (χ1) is 6.50. The minimum atomic E-state index is -1.88. The van der Waals surface area contributed by atoms with Crippen LogP contribution in [0, 0.1) is 10.1 Å². The molecule has 0 spiro atoms. The van der Waals surface area contributed by atoms with Crippen LogP contribution in [0.2, 0.25) is 0 Å². The molecule has 14 heavy (non-hydrogen) atoms. The first-order valence-corrected chi connectivity index (χ1v) is 4.67. The van der Waals surface area contributed by atoms with Gasteiger partial charge in [0.15, 0.2) is 5.09 Å². The van der Waals surface area contributed by atoms with Gasteiger partial charge in [0.1, 0.15) is 21.5 Å². The van der Waals surface area contributed by atoms with Crippen LogP contribution >= 0.6 is 0 Å². The van der Waals surface area contributed by atoms with Crippen LogP contribution in [0.4, 0.5) is 5.88 Å². The maximum atomic E-state index is 11.1. The molecule has 1 rings (SSSR count). The number of hydrogen-bond donors (Lipinski definition) is 1. The summed E-state index contributed by atoms with van der Waals surface area (Å²) in [5.74, 6) is -2.45. The second kappa shape index (κ2) is 4.01. The Kier molecular flexibility index (Phi) is 2.97. The zero-order valence-corrected chi connectivity index (χ0v) is 7.52. The quantitative estimate of drug-likeness (QED) is 0.578. The summed E-state index contributed by atoms with van der Waals surface area (Å²) in [6.07, 6.45) is 0. The van der Waals surface area contributed by atoms with Gasteiger partial charge in [-0.2, -0.15) is 0 Å². The number of furan rings is 1. The van der Waals surface area contributed by atoms with Crippen molar-refractivity contribution in [2.45, 2.75) is 5.09 Å². The van der Waals surface area contributed by atoms with Gasteiger partial charge in [0, 0.05) is 6.07 Å². The Morgan fingerprint density at radius 2 is 2.29 bits per heavy atom. The van der Waals surface area contributed by atoms with Gasteiger partial charge in [0.05, 0.1) is 6.07 Å².